The zero-order valence-corrected chi connectivity index (χ0v) is 12.3. The molecule has 0 atom stereocenters. The average Bonchev–Trinajstić information content (AvgIpc) is 2.89. The van der Waals surface area contributed by atoms with E-state index in [2.05, 4.69) is 24.5 Å². The summed E-state index contributed by atoms with van der Waals surface area (Å²) in [5.74, 6) is -0.295. The van der Waals surface area contributed by atoms with Crippen molar-refractivity contribution >= 4 is 12.0 Å². The van der Waals surface area contributed by atoms with Crippen LogP contribution in [0.1, 0.15) is 36.6 Å². The number of furan rings is 1. The number of aromatic carboxylic acids is 1. The zero-order valence-electron chi connectivity index (χ0n) is 12.3. The van der Waals surface area contributed by atoms with Crippen LogP contribution in [-0.4, -0.2) is 36.9 Å². The first kappa shape index (κ1) is 17.0. The van der Waals surface area contributed by atoms with Crippen LogP contribution in [0.4, 0.5) is 4.79 Å². The number of hydrogen-bond donors (Lipinski definition) is 3. The summed E-state index contributed by atoms with van der Waals surface area (Å²) in [6.45, 7) is 5.95. The van der Waals surface area contributed by atoms with Crippen LogP contribution in [0.5, 0.6) is 0 Å². The number of amides is 2. The van der Waals surface area contributed by atoms with Gasteiger partial charge in [0.2, 0.25) is 5.76 Å². The van der Waals surface area contributed by atoms with Gasteiger partial charge >= 0.3 is 12.0 Å². The van der Waals surface area contributed by atoms with Gasteiger partial charge in [0.05, 0.1) is 13.2 Å². The third kappa shape index (κ3) is 7.36. The van der Waals surface area contributed by atoms with E-state index in [0.717, 1.165) is 6.42 Å². The smallest absolute Gasteiger partial charge is 0.371 e. The van der Waals surface area contributed by atoms with Crippen LogP contribution < -0.4 is 10.6 Å². The second kappa shape index (κ2) is 9.02. The van der Waals surface area contributed by atoms with Crippen LogP contribution in [0.25, 0.3) is 0 Å². The summed E-state index contributed by atoms with van der Waals surface area (Å²) >= 11 is 0. The molecule has 0 saturated carbocycles. The molecule has 0 aliphatic heterocycles. The van der Waals surface area contributed by atoms with Crippen molar-refractivity contribution in [2.24, 2.45) is 5.92 Å². The van der Waals surface area contributed by atoms with Gasteiger partial charge in [-0.2, -0.15) is 0 Å². The third-order valence-corrected chi connectivity index (χ3v) is 2.67. The Kier molecular flexibility index (Phi) is 7.31. The molecule has 1 aromatic rings. The molecule has 118 valence electrons. The number of carbonyl (C=O) groups is 2. The largest absolute Gasteiger partial charge is 0.475 e. The molecule has 0 bridgehead atoms. The molecule has 7 heteroatoms. The van der Waals surface area contributed by atoms with Crippen molar-refractivity contribution in [3.63, 3.8) is 0 Å². The molecule has 0 radical (unpaired) electrons. The fourth-order valence-electron chi connectivity index (χ4n) is 1.48. The maximum Gasteiger partial charge on any atom is 0.371 e. The maximum atomic E-state index is 11.5. The van der Waals surface area contributed by atoms with E-state index in [1.54, 1.807) is 0 Å². The maximum absolute atomic E-state index is 11.5. The summed E-state index contributed by atoms with van der Waals surface area (Å²) < 4.78 is 10.4. The fraction of sp³-hybridized carbons (Fsp3) is 0.571. The van der Waals surface area contributed by atoms with Gasteiger partial charge in [0, 0.05) is 13.2 Å². The monoisotopic (exact) mass is 298 g/mol. The highest BCUT2D eigenvalue weighted by Gasteiger charge is 2.09. The summed E-state index contributed by atoms with van der Waals surface area (Å²) in [6.07, 6.45) is 0.997. The first-order valence-corrected chi connectivity index (χ1v) is 6.90. The van der Waals surface area contributed by atoms with Gasteiger partial charge in [-0.3, -0.25) is 0 Å². The van der Waals surface area contributed by atoms with E-state index >= 15 is 0 Å². The van der Waals surface area contributed by atoms with E-state index in [1.165, 1.54) is 12.1 Å². The number of ether oxygens (including phenoxy) is 1. The van der Waals surface area contributed by atoms with Gasteiger partial charge in [-0.15, -0.1) is 0 Å². The van der Waals surface area contributed by atoms with E-state index < -0.39 is 5.97 Å². The highest BCUT2D eigenvalue weighted by atomic mass is 16.5. The Labute approximate surface area is 123 Å². The molecule has 0 fully saturated rings. The lowest BCUT2D eigenvalue weighted by Crippen LogP contribution is -2.36. The van der Waals surface area contributed by atoms with Crippen LogP contribution in [-0.2, 0) is 11.3 Å². The van der Waals surface area contributed by atoms with Gasteiger partial charge in [-0.25, -0.2) is 9.59 Å². The molecule has 1 rings (SSSR count). The minimum Gasteiger partial charge on any atom is -0.475 e. The van der Waals surface area contributed by atoms with Crippen molar-refractivity contribution < 1.29 is 23.8 Å². The summed E-state index contributed by atoms with van der Waals surface area (Å²) in [7, 11) is 0. The quantitative estimate of drug-likeness (QED) is 0.604. The van der Waals surface area contributed by atoms with Gasteiger partial charge in [0.15, 0.2) is 0 Å². The number of hydrogen-bond acceptors (Lipinski definition) is 4. The molecule has 0 spiro atoms. The predicted molar refractivity (Wildman–Crippen MR) is 76.2 cm³/mol. The Balaban J connectivity index is 2.09. The van der Waals surface area contributed by atoms with E-state index in [-0.39, 0.29) is 18.3 Å². The number of rotatable bonds is 9. The van der Waals surface area contributed by atoms with Crippen LogP contribution in [0.2, 0.25) is 0 Å². The number of nitrogens with one attached hydrogen (secondary N) is 2. The Bertz CT molecular complexity index is 456. The van der Waals surface area contributed by atoms with Crippen LogP contribution in [0, 0.1) is 5.92 Å². The molecule has 2 amide bonds. The fourth-order valence-corrected chi connectivity index (χ4v) is 1.48. The lowest BCUT2D eigenvalue weighted by Gasteiger charge is -2.08. The Hall–Kier alpha value is -2.02. The topological polar surface area (TPSA) is 101 Å². The Morgan fingerprint density at radius 2 is 2.05 bits per heavy atom. The van der Waals surface area contributed by atoms with Gasteiger partial charge in [-0.1, -0.05) is 13.8 Å². The summed E-state index contributed by atoms with van der Waals surface area (Å²) in [4.78, 5) is 22.1. The predicted octanol–water partition coefficient (Wildman–Crippen LogP) is 1.84. The van der Waals surface area contributed by atoms with E-state index in [9.17, 15) is 9.59 Å². The highest BCUT2D eigenvalue weighted by Crippen LogP contribution is 2.07. The number of carbonyl (C=O) groups excluding carboxylic acids is 1. The first-order chi connectivity index (χ1) is 9.99. The molecule has 0 unspecified atom stereocenters. The molecule has 7 nitrogen and oxygen atoms in total. The number of carboxylic acid groups (broad SMARTS) is 1. The molecular formula is C14H22N2O5. The van der Waals surface area contributed by atoms with Crippen molar-refractivity contribution in [3.8, 4) is 0 Å². The minimum absolute atomic E-state index is 0.132. The normalized spacial score (nSPS) is 10.6. The second-order valence-electron chi connectivity index (χ2n) is 4.98. The molecule has 0 aliphatic carbocycles. The van der Waals surface area contributed by atoms with Crippen molar-refractivity contribution in [2.75, 3.05) is 19.8 Å². The molecule has 21 heavy (non-hydrogen) atoms. The van der Waals surface area contributed by atoms with Crippen LogP contribution >= 0.6 is 0 Å². The minimum atomic E-state index is -1.13. The highest BCUT2D eigenvalue weighted by molar-refractivity contribution is 5.84. The SMILES string of the molecule is CC(C)CCOCCNC(=O)NCc1ccc(C(=O)O)o1. The average molecular weight is 298 g/mol. The van der Waals surface area contributed by atoms with Crippen molar-refractivity contribution in [2.45, 2.75) is 26.8 Å². The summed E-state index contributed by atoms with van der Waals surface area (Å²) in [6, 6.07) is 2.51. The molecule has 0 aromatic carbocycles. The zero-order chi connectivity index (χ0) is 15.7. The molecule has 0 aliphatic rings. The summed E-state index contributed by atoms with van der Waals surface area (Å²) in [5.41, 5.74) is 0. The lowest BCUT2D eigenvalue weighted by atomic mass is 10.1. The molecule has 0 saturated heterocycles. The Morgan fingerprint density at radius 1 is 1.29 bits per heavy atom. The third-order valence-electron chi connectivity index (χ3n) is 2.67. The summed E-state index contributed by atoms with van der Waals surface area (Å²) in [5, 5.41) is 13.9. The molecule has 1 aromatic heterocycles. The molecule has 3 N–H and O–H groups in total. The van der Waals surface area contributed by atoms with E-state index in [0.29, 0.717) is 31.4 Å². The Morgan fingerprint density at radius 3 is 2.67 bits per heavy atom. The van der Waals surface area contributed by atoms with Crippen molar-refractivity contribution in [1.82, 2.24) is 10.6 Å². The first-order valence-electron chi connectivity index (χ1n) is 6.90. The van der Waals surface area contributed by atoms with Crippen molar-refractivity contribution in [1.29, 1.82) is 0 Å². The van der Waals surface area contributed by atoms with Gasteiger partial charge in [0.1, 0.15) is 5.76 Å². The van der Waals surface area contributed by atoms with Crippen LogP contribution in [0.3, 0.4) is 0 Å². The number of carboxylic acids is 1. The second-order valence-corrected chi connectivity index (χ2v) is 4.98. The van der Waals surface area contributed by atoms with E-state index in [1.807, 2.05) is 0 Å². The van der Waals surface area contributed by atoms with Crippen molar-refractivity contribution in [3.05, 3.63) is 23.7 Å². The number of urea groups is 1. The molecule has 1 heterocycles. The molecular weight excluding hydrogens is 276 g/mol. The standard InChI is InChI=1S/C14H22N2O5/c1-10(2)5-7-20-8-6-15-14(19)16-9-11-3-4-12(21-11)13(17)18/h3-4,10H,5-9H2,1-2H3,(H,17,18)(H2,15,16,19). The van der Waals surface area contributed by atoms with Crippen LogP contribution in [0.15, 0.2) is 16.5 Å². The van der Waals surface area contributed by atoms with Gasteiger partial charge < -0.3 is 24.9 Å². The van der Waals surface area contributed by atoms with E-state index in [4.69, 9.17) is 14.3 Å². The van der Waals surface area contributed by atoms with Gasteiger partial charge in [-0.05, 0) is 24.5 Å². The van der Waals surface area contributed by atoms with Gasteiger partial charge in [0.25, 0.3) is 0 Å². The lowest BCUT2D eigenvalue weighted by molar-refractivity contribution is 0.0660.